The molecule has 0 unspecified atom stereocenters. The maximum Gasteiger partial charge on any atom is 0.243 e. The number of piperidine rings is 1. The van der Waals surface area contributed by atoms with Gasteiger partial charge in [0.05, 0.1) is 16.9 Å². The van der Waals surface area contributed by atoms with Crippen LogP contribution in [0.1, 0.15) is 54.5 Å². The van der Waals surface area contributed by atoms with Gasteiger partial charge in [0.2, 0.25) is 15.9 Å². The Balaban J connectivity index is 1.72. The number of amides is 1. The molecule has 0 bridgehead atoms. The van der Waals surface area contributed by atoms with Crippen LogP contribution in [-0.4, -0.2) is 31.7 Å². The Morgan fingerprint density at radius 3 is 2.40 bits per heavy atom. The maximum absolute atomic E-state index is 13.0. The van der Waals surface area contributed by atoms with Crippen LogP contribution in [0.25, 0.3) is 0 Å². The number of carbonyl (C=O) groups excluding carboxylic acids is 1. The van der Waals surface area contributed by atoms with Crippen molar-refractivity contribution in [3.05, 3.63) is 64.7 Å². The lowest BCUT2D eigenvalue weighted by atomic mass is 9.95. The van der Waals surface area contributed by atoms with E-state index >= 15 is 0 Å². The SMILES string of the molecule is CC[C@@H](NC(=O)[C@@H]1CCCN(S(=O)(=O)c2ccc(C)cc2)C1)c1ccc(C)cc1C. The van der Waals surface area contributed by atoms with Gasteiger partial charge in [-0.25, -0.2) is 8.42 Å². The van der Waals surface area contributed by atoms with Gasteiger partial charge in [0.1, 0.15) is 0 Å². The summed E-state index contributed by atoms with van der Waals surface area (Å²) >= 11 is 0. The standard InChI is InChI=1S/C24H32N2O3S/c1-5-23(22-13-10-18(3)15-19(22)4)25-24(27)20-7-6-14-26(16-20)30(28,29)21-11-8-17(2)9-12-21/h8-13,15,20,23H,5-7,14,16H2,1-4H3,(H,25,27)/t20-,23-/m1/s1. The first kappa shape index (κ1) is 22.5. The van der Waals surface area contributed by atoms with E-state index in [1.54, 1.807) is 24.3 Å². The Bertz CT molecular complexity index is 1000. The lowest BCUT2D eigenvalue weighted by Crippen LogP contribution is -2.46. The molecule has 3 rings (SSSR count). The van der Waals surface area contributed by atoms with Gasteiger partial charge >= 0.3 is 0 Å². The molecule has 30 heavy (non-hydrogen) atoms. The highest BCUT2D eigenvalue weighted by Crippen LogP contribution is 2.26. The topological polar surface area (TPSA) is 66.5 Å². The minimum Gasteiger partial charge on any atom is -0.349 e. The third-order valence-electron chi connectivity index (χ3n) is 5.94. The molecule has 2 aromatic rings. The Morgan fingerprint density at radius 2 is 1.77 bits per heavy atom. The number of carbonyl (C=O) groups is 1. The van der Waals surface area contributed by atoms with Crippen LogP contribution < -0.4 is 5.32 Å². The first-order chi connectivity index (χ1) is 14.2. The molecule has 2 atom stereocenters. The zero-order valence-electron chi connectivity index (χ0n) is 18.3. The van der Waals surface area contributed by atoms with Crippen LogP contribution >= 0.6 is 0 Å². The molecule has 6 heteroatoms. The minimum atomic E-state index is -3.59. The summed E-state index contributed by atoms with van der Waals surface area (Å²) in [5.41, 5.74) is 4.49. The number of hydrogen-bond acceptors (Lipinski definition) is 3. The quantitative estimate of drug-likeness (QED) is 0.747. The van der Waals surface area contributed by atoms with Crippen LogP contribution in [0.3, 0.4) is 0 Å². The van der Waals surface area contributed by atoms with E-state index in [2.05, 4.69) is 44.3 Å². The molecule has 1 amide bonds. The van der Waals surface area contributed by atoms with Crippen molar-refractivity contribution < 1.29 is 13.2 Å². The molecular formula is C24H32N2O3S. The molecule has 1 N–H and O–H groups in total. The molecule has 0 aliphatic carbocycles. The number of rotatable bonds is 6. The highest BCUT2D eigenvalue weighted by Gasteiger charge is 2.34. The van der Waals surface area contributed by atoms with Gasteiger partial charge in [-0.2, -0.15) is 4.31 Å². The summed E-state index contributed by atoms with van der Waals surface area (Å²) in [4.78, 5) is 13.3. The zero-order chi connectivity index (χ0) is 21.9. The molecule has 1 heterocycles. The average molecular weight is 429 g/mol. The zero-order valence-corrected chi connectivity index (χ0v) is 19.1. The van der Waals surface area contributed by atoms with Crippen molar-refractivity contribution >= 4 is 15.9 Å². The van der Waals surface area contributed by atoms with Gasteiger partial charge in [-0.1, -0.05) is 48.4 Å². The largest absolute Gasteiger partial charge is 0.349 e. The van der Waals surface area contributed by atoms with Crippen LogP contribution in [0, 0.1) is 26.7 Å². The van der Waals surface area contributed by atoms with Crippen molar-refractivity contribution in [2.75, 3.05) is 13.1 Å². The van der Waals surface area contributed by atoms with Crippen LogP contribution in [0.5, 0.6) is 0 Å². The van der Waals surface area contributed by atoms with Crippen LogP contribution in [0.2, 0.25) is 0 Å². The number of aryl methyl sites for hydroxylation is 3. The number of benzene rings is 2. The third kappa shape index (κ3) is 4.93. The normalized spacial score (nSPS) is 18.7. The van der Waals surface area contributed by atoms with E-state index in [9.17, 15) is 13.2 Å². The molecule has 0 saturated carbocycles. The lowest BCUT2D eigenvalue weighted by molar-refractivity contribution is -0.126. The fraction of sp³-hybridized carbons (Fsp3) is 0.458. The Kier molecular flexibility index (Phi) is 6.98. The van der Waals surface area contributed by atoms with Crippen LogP contribution in [0.15, 0.2) is 47.4 Å². The first-order valence-electron chi connectivity index (χ1n) is 10.7. The molecule has 2 aromatic carbocycles. The van der Waals surface area contributed by atoms with E-state index in [-0.39, 0.29) is 29.3 Å². The van der Waals surface area contributed by atoms with E-state index in [0.717, 1.165) is 23.1 Å². The fourth-order valence-corrected chi connectivity index (χ4v) is 5.66. The molecule has 1 aliphatic heterocycles. The minimum absolute atomic E-state index is 0.0642. The second-order valence-electron chi connectivity index (χ2n) is 8.34. The molecule has 1 aliphatic rings. The molecule has 1 fully saturated rings. The summed E-state index contributed by atoms with van der Waals surface area (Å²) in [7, 11) is -3.59. The van der Waals surface area contributed by atoms with E-state index in [4.69, 9.17) is 0 Å². The van der Waals surface area contributed by atoms with Crippen molar-refractivity contribution in [2.45, 2.75) is 57.9 Å². The van der Waals surface area contributed by atoms with E-state index in [1.807, 2.05) is 6.92 Å². The van der Waals surface area contributed by atoms with Gasteiger partial charge in [-0.3, -0.25) is 4.79 Å². The summed E-state index contributed by atoms with van der Waals surface area (Å²) in [6.45, 7) is 8.78. The molecule has 5 nitrogen and oxygen atoms in total. The van der Waals surface area contributed by atoms with Gasteiger partial charge in [0.15, 0.2) is 0 Å². The van der Waals surface area contributed by atoms with Gasteiger partial charge in [-0.15, -0.1) is 0 Å². The fourth-order valence-electron chi connectivity index (χ4n) is 4.14. The second-order valence-corrected chi connectivity index (χ2v) is 10.3. The highest BCUT2D eigenvalue weighted by atomic mass is 32.2. The average Bonchev–Trinajstić information content (AvgIpc) is 2.72. The van der Waals surface area contributed by atoms with E-state index < -0.39 is 10.0 Å². The van der Waals surface area contributed by atoms with Crippen LogP contribution in [0.4, 0.5) is 0 Å². The third-order valence-corrected chi connectivity index (χ3v) is 7.82. The monoisotopic (exact) mass is 428 g/mol. The smallest absolute Gasteiger partial charge is 0.243 e. The van der Waals surface area contributed by atoms with Crippen molar-refractivity contribution in [1.82, 2.24) is 9.62 Å². The first-order valence-corrected chi connectivity index (χ1v) is 12.1. The molecule has 162 valence electrons. The number of sulfonamides is 1. The number of hydrogen-bond donors (Lipinski definition) is 1. The molecule has 0 radical (unpaired) electrons. The van der Waals surface area contributed by atoms with Crippen molar-refractivity contribution in [1.29, 1.82) is 0 Å². The predicted molar refractivity (Wildman–Crippen MR) is 120 cm³/mol. The Morgan fingerprint density at radius 1 is 1.10 bits per heavy atom. The summed E-state index contributed by atoms with van der Waals surface area (Å²) in [6, 6.07) is 13.1. The van der Waals surface area contributed by atoms with Gasteiger partial charge < -0.3 is 5.32 Å². The highest BCUT2D eigenvalue weighted by molar-refractivity contribution is 7.89. The second kappa shape index (κ2) is 9.31. The lowest BCUT2D eigenvalue weighted by Gasteiger charge is -2.32. The van der Waals surface area contributed by atoms with Gasteiger partial charge in [0, 0.05) is 13.1 Å². The molecule has 1 saturated heterocycles. The summed E-state index contributed by atoms with van der Waals surface area (Å²) in [5.74, 6) is -0.399. The molecule has 0 spiro atoms. The van der Waals surface area contributed by atoms with Crippen molar-refractivity contribution in [3.8, 4) is 0 Å². The molecule has 0 aromatic heterocycles. The van der Waals surface area contributed by atoms with Gasteiger partial charge in [-0.05, 0) is 63.3 Å². The summed E-state index contributed by atoms with van der Waals surface area (Å²) in [5, 5.41) is 3.17. The Labute approximate surface area is 180 Å². The molecular weight excluding hydrogens is 396 g/mol. The van der Waals surface area contributed by atoms with Crippen molar-refractivity contribution in [3.63, 3.8) is 0 Å². The van der Waals surface area contributed by atoms with Crippen LogP contribution in [-0.2, 0) is 14.8 Å². The van der Waals surface area contributed by atoms with E-state index in [0.29, 0.717) is 19.4 Å². The summed E-state index contributed by atoms with van der Waals surface area (Å²) < 4.78 is 27.5. The number of nitrogens with one attached hydrogen (secondary N) is 1. The number of nitrogens with zero attached hydrogens (tertiary/aromatic N) is 1. The summed E-state index contributed by atoms with van der Waals surface area (Å²) in [6.07, 6.45) is 2.17. The predicted octanol–water partition coefficient (Wildman–Crippen LogP) is 4.28. The maximum atomic E-state index is 13.0. The van der Waals surface area contributed by atoms with Crippen molar-refractivity contribution in [2.24, 2.45) is 5.92 Å². The van der Waals surface area contributed by atoms with Gasteiger partial charge in [0.25, 0.3) is 0 Å². The Hall–Kier alpha value is -2.18. The van der Waals surface area contributed by atoms with E-state index in [1.165, 1.54) is 9.87 Å².